The number of ether oxygens (including phenoxy) is 1. The Morgan fingerprint density at radius 3 is 2.68 bits per heavy atom. The molecule has 0 saturated heterocycles. The van der Waals surface area contributed by atoms with Crippen LogP contribution in [0.1, 0.15) is 31.9 Å². The molecule has 0 aliphatic rings. The van der Waals surface area contributed by atoms with Crippen LogP contribution in [0.25, 0.3) is 5.69 Å². The zero-order valence-corrected chi connectivity index (χ0v) is 11.1. The molecular weight excluding hydrogens is 242 g/mol. The van der Waals surface area contributed by atoms with E-state index >= 15 is 0 Å². The Labute approximate surface area is 112 Å². The fourth-order valence-corrected chi connectivity index (χ4v) is 1.99. The maximum atomic E-state index is 12.0. The highest BCUT2D eigenvalue weighted by Gasteiger charge is 2.24. The van der Waals surface area contributed by atoms with Gasteiger partial charge in [-0.3, -0.25) is 4.79 Å². The van der Waals surface area contributed by atoms with Crippen molar-refractivity contribution in [3.05, 3.63) is 42.2 Å². The Morgan fingerprint density at radius 1 is 1.32 bits per heavy atom. The fraction of sp³-hybridized carbons (Fsp3) is 0.357. The smallest absolute Gasteiger partial charge is 0.315 e. The van der Waals surface area contributed by atoms with Crippen molar-refractivity contribution in [3.63, 3.8) is 0 Å². The van der Waals surface area contributed by atoms with E-state index in [1.807, 2.05) is 37.3 Å². The topological polar surface area (TPSA) is 57.0 Å². The first kappa shape index (κ1) is 13.3. The Morgan fingerprint density at radius 2 is 2.05 bits per heavy atom. The van der Waals surface area contributed by atoms with Crippen LogP contribution in [0, 0.1) is 0 Å². The number of para-hydroxylation sites is 1. The third kappa shape index (κ3) is 2.81. The van der Waals surface area contributed by atoms with Gasteiger partial charge in [-0.25, -0.2) is 4.68 Å². The van der Waals surface area contributed by atoms with Gasteiger partial charge in [-0.15, -0.1) is 5.10 Å². The van der Waals surface area contributed by atoms with Crippen LogP contribution in [0.2, 0.25) is 0 Å². The van der Waals surface area contributed by atoms with Crippen molar-refractivity contribution >= 4 is 5.97 Å². The van der Waals surface area contributed by atoms with E-state index in [0.29, 0.717) is 13.0 Å². The summed E-state index contributed by atoms with van der Waals surface area (Å²) in [5, 5.41) is 7.97. The van der Waals surface area contributed by atoms with Gasteiger partial charge in [0.05, 0.1) is 24.2 Å². The first-order valence-corrected chi connectivity index (χ1v) is 6.40. The summed E-state index contributed by atoms with van der Waals surface area (Å²) >= 11 is 0. The first-order valence-electron chi connectivity index (χ1n) is 6.40. The van der Waals surface area contributed by atoms with Gasteiger partial charge in [0.25, 0.3) is 0 Å². The monoisotopic (exact) mass is 259 g/mol. The molecule has 0 aliphatic carbocycles. The zero-order valence-electron chi connectivity index (χ0n) is 11.1. The first-order chi connectivity index (χ1) is 9.27. The fourth-order valence-electron chi connectivity index (χ4n) is 1.99. The van der Waals surface area contributed by atoms with E-state index in [0.717, 1.165) is 11.4 Å². The normalized spacial score (nSPS) is 12.1. The highest BCUT2D eigenvalue weighted by molar-refractivity contribution is 5.77. The summed E-state index contributed by atoms with van der Waals surface area (Å²) in [6, 6.07) is 9.63. The van der Waals surface area contributed by atoms with Crippen molar-refractivity contribution < 1.29 is 9.53 Å². The van der Waals surface area contributed by atoms with E-state index in [1.54, 1.807) is 17.8 Å². The summed E-state index contributed by atoms with van der Waals surface area (Å²) in [7, 11) is 0. The highest BCUT2D eigenvalue weighted by Crippen LogP contribution is 2.22. The van der Waals surface area contributed by atoms with Crippen LogP contribution in [0.4, 0.5) is 0 Å². The molecule has 0 amide bonds. The van der Waals surface area contributed by atoms with E-state index in [1.165, 1.54) is 0 Å². The lowest BCUT2D eigenvalue weighted by atomic mass is 10.0. The molecule has 5 nitrogen and oxygen atoms in total. The molecule has 19 heavy (non-hydrogen) atoms. The van der Waals surface area contributed by atoms with E-state index in [4.69, 9.17) is 4.74 Å². The molecule has 1 unspecified atom stereocenters. The van der Waals surface area contributed by atoms with Gasteiger partial charge in [0.2, 0.25) is 0 Å². The van der Waals surface area contributed by atoms with Crippen molar-refractivity contribution in [2.45, 2.75) is 26.2 Å². The van der Waals surface area contributed by atoms with Crippen LogP contribution >= 0.6 is 0 Å². The maximum Gasteiger partial charge on any atom is 0.315 e. The van der Waals surface area contributed by atoms with Gasteiger partial charge in [0.1, 0.15) is 5.92 Å². The van der Waals surface area contributed by atoms with Gasteiger partial charge >= 0.3 is 5.97 Å². The van der Waals surface area contributed by atoms with Crippen molar-refractivity contribution in [1.29, 1.82) is 0 Å². The molecule has 100 valence electrons. The molecule has 0 N–H and O–H groups in total. The van der Waals surface area contributed by atoms with Crippen molar-refractivity contribution in [2.24, 2.45) is 0 Å². The second-order valence-corrected chi connectivity index (χ2v) is 4.12. The van der Waals surface area contributed by atoms with E-state index in [9.17, 15) is 4.79 Å². The number of hydrogen-bond donors (Lipinski definition) is 0. The van der Waals surface area contributed by atoms with Crippen LogP contribution < -0.4 is 0 Å². The number of nitrogens with zero attached hydrogens (tertiary/aromatic N) is 3. The predicted octanol–water partition coefficient (Wildman–Crippen LogP) is 2.32. The molecule has 2 rings (SSSR count). The summed E-state index contributed by atoms with van der Waals surface area (Å²) < 4.78 is 6.79. The second kappa shape index (κ2) is 6.13. The van der Waals surface area contributed by atoms with Gasteiger partial charge in [-0.2, -0.15) is 0 Å². The molecule has 1 aromatic heterocycles. The Kier molecular flexibility index (Phi) is 4.28. The molecule has 0 radical (unpaired) electrons. The quantitative estimate of drug-likeness (QED) is 0.773. The molecule has 2 aromatic rings. The molecule has 0 spiro atoms. The molecule has 1 atom stereocenters. The lowest BCUT2D eigenvalue weighted by Crippen LogP contribution is -2.18. The number of rotatable bonds is 5. The number of aromatic nitrogens is 3. The number of esters is 1. The van der Waals surface area contributed by atoms with E-state index in [2.05, 4.69) is 10.3 Å². The third-order valence-corrected chi connectivity index (χ3v) is 2.91. The summed E-state index contributed by atoms with van der Waals surface area (Å²) in [6.07, 6.45) is 2.27. The largest absolute Gasteiger partial charge is 0.465 e. The van der Waals surface area contributed by atoms with Crippen LogP contribution in [0.15, 0.2) is 36.5 Å². The van der Waals surface area contributed by atoms with Crippen LogP contribution in [0.5, 0.6) is 0 Å². The molecule has 5 heteroatoms. The number of carbonyl (C=O) groups is 1. The lowest BCUT2D eigenvalue weighted by molar-refractivity contribution is -0.145. The summed E-state index contributed by atoms with van der Waals surface area (Å²) in [4.78, 5) is 12.0. The van der Waals surface area contributed by atoms with E-state index < -0.39 is 0 Å². The van der Waals surface area contributed by atoms with Crippen molar-refractivity contribution in [3.8, 4) is 5.69 Å². The van der Waals surface area contributed by atoms with Crippen LogP contribution in [0.3, 0.4) is 0 Å². The lowest BCUT2D eigenvalue weighted by Gasteiger charge is -2.14. The summed E-state index contributed by atoms with van der Waals surface area (Å²) in [5.74, 6) is -0.570. The minimum atomic E-state index is -0.338. The maximum absolute atomic E-state index is 12.0. The summed E-state index contributed by atoms with van der Waals surface area (Å²) in [5.41, 5.74) is 1.64. The van der Waals surface area contributed by atoms with Gasteiger partial charge in [0.15, 0.2) is 0 Å². The average molecular weight is 259 g/mol. The van der Waals surface area contributed by atoms with Gasteiger partial charge in [-0.1, -0.05) is 30.3 Å². The third-order valence-electron chi connectivity index (χ3n) is 2.91. The highest BCUT2D eigenvalue weighted by atomic mass is 16.5. The molecule has 0 saturated carbocycles. The Bertz CT molecular complexity index is 537. The standard InChI is InChI=1S/C14H17N3O2/c1-3-12(14(18)19-4-2)13-10-15-16-17(13)11-8-6-5-7-9-11/h5-10,12H,3-4H2,1-2H3. The predicted molar refractivity (Wildman–Crippen MR) is 71.0 cm³/mol. The zero-order chi connectivity index (χ0) is 13.7. The van der Waals surface area contributed by atoms with Crippen LogP contribution in [-0.4, -0.2) is 27.6 Å². The number of carbonyl (C=O) groups excluding carboxylic acids is 1. The van der Waals surface area contributed by atoms with Gasteiger partial charge < -0.3 is 4.74 Å². The van der Waals surface area contributed by atoms with Gasteiger partial charge in [0, 0.05) is 0 Å². The molecule has 1 heterocycles. The SMILES string of the molecule is CCOC(=O)C(CC)c1cnnn1-c1ccccc1. The molecule has 0 aliphatic heterocycles. The van der Waals surface area contributed by atoms with E-state index in [-0.39, 0.29) is 11.9 Å². The van der Waals surface area contributed by atoms with Crippen molar-refractivity contribution in [2.75, 3.05) is 6.61 Å². The number of benzene rings is 1. The average Bonchev–Trinajstić information content (AvgIpc) is 2.90. The minimum Gasteiger partial charge on any atom is -0.465 e. The summed E-state index contributed by atoms with van der Waals surface area (Å²) in [6.45, 7) is 4.13. The second-order valence-electron chi connectivity index (χ2n) is 4.12. The number of hydrogen-bond acceptors (Lipinski definition) is 4. The van der Waals surface area contributed by atoms with Crippen molar-refractivity contribution in [1.82, 2.24) is 15.0 Å². The molecular formula is C14H17N3O2. The van der Waals surface area contributed by atoms with Crippen LogP contribution in [-0.2, 0) is 9.53 Å². The Hall–Kier alpha value is -2.17. The molecule has 0 fully saturated rings. The Balaban J connectivity index is 2.35. The molecule has 1 aromatic carbocycles. The van der Waals surface area contributed by atoms with Gasteiger partial charge in [-0.05, 0) is 25.5 Å². The molecule has 0 bridgehead atoms. The minimum absolute atomic E-state index is 0.232.